The van der Waals surface area contributed by atoms with E-state index in [0.717, 1.165) is 25.9 Å². The molecule has 2 bridgehead atoms. The summed E-state index contributed by atoms with van der Waals surface area (Å²) in [6, 6.07) is 1.04. The third-order valence-corrected chi connectivity index (χ3v) is 5.29. The summed E-state index contributed by atoms with van der Waals surface area (Å²) in [6.07, 6.45) is 3.92. The minimum atomic E-state index is -0.906. The van der Waals surface area contributed by atoms with Gasteiger partial charge in [0.2, 0.25) is 5.91 Å². The van der Waals surface area contributed by atoms with E-state index < -0.39 is 5.41 Å². The van der Waals surface area contributed by atoms with Gasteiger partial charge in [-0.3, -0.25) is 9.69 Å². The Kier molecular flexibility index (Phi) is 4.22. The van der Waals surface area contributed by atoms with Crippen LogP contribution < -0.4 is 5.73 Å². The number of oxime groups is 1. The molecule has 0 aromatic heterocycles. The number of hydrogen-bond acceptors (Lipinski definition) is 4. The number of likely N-dealkylation sites (N-methyl/N-ethyl adjacent to an activating group) is 1. The van der Waals surface area contributed by atoms with Gasteiger partial charge in [0.1, 0.15) is 5.41 Å². The number of amides is 1. The molecule has 0 aromatic rings. The molecule has 2 rings (SSSR count). The zero-order valence-electron chi connectivity index (χ0n) is 12.7. The van der Waals surface area contributed by atoms with Gasteiger partial charge >= 0.3 is 0 Å². The van der Waals surface area contributed by atoms with Crippen LogP contribution in [0.2, 0.25) is 0 Å². The molecule has 114 valence electrons. The Labute approximate surface area is 120 Å². The number of nitrogens with two attached hydrogens (primary N) is 1. The molecule has 6 nitrogen and oxygen atoms in total. The summed E-state index contributed by atoms with van der Waals surface area (Å²) in [5.41, 5.74) is 4.85. The molecular weight excluding hydrogens is 256 g/mol. The number of hydrogen-bond donors (Lipinski definition) is 2. The van der Waals surface area contributed by atoms with Gasteiger partial charge in [-0.05, 0) is 39.7 Å². The third-order valence-electron chi connectivity index (χ3n) is 5.29. The van der Waals surface area contributed by atoms with Gasteiger partial charge in [0, 0.05) is 25.2 Å². The Morgan fingerprint density at radius 3 is 2.65 bits per heavy atom. The molecule has 2 aliphatic rings. The van der Waals surface area contributed by atoms with Crippen LogP contribution in [0, 0.1) is 5.41 Å². The van der Waals surface area contributed by atoms with E-state index in [1.165, 1.54) is 6.42 Å². The highest BCUT2D eigenvalue weighted by Crippen LogP contribution is 2.31. The van der Waals surface area contributed by atoms with Crippen molar-refractivity contribution in [2.24, 2.45) is 16.3 Å². The zero-order chi connectivity index (χ0) is 14.9. The van der Waals surface area contributed by atoms with Gasteiger partial charge in [-0.2, -0.15) is 0 Å². The summed E-state index contributed by atoms with van der Waals surface area (Å²) in [4.78, 5) is 17.1. The van der Waals surface area contributed by atoms with Crippen molar-refractivity contribution >= 4 is 11.7 Å². The molecule has 2 fully saturated rings. The van der Waals surface area contributed by atoms with E-state index in [0.29, 0.717) is 18.5 Å². The molecule has 20 heavy (non-hydrogen) atoms. The SMILES string of the molecule is CCC(C)(C(=O)N1CCC2CCC(C1)N2C)C(N)=NO. The van der Waals surface area contributed by atoms with Crippen LogP contribution >= 0.6 is 0 Å². The topological polar surface area (TPSA) is 82.2 Å². The number of fused-ring (bicyclic) bond motifs is 2. The second kappa shape index (κ2) is 5.60. The predicted octanol–water partition coefficient (Wildman–Crippen LogP) is 0.844. The number of likely N-dealkylation sites (tertiary alicyclic amines) is 1. The molecule has 2 aliphatic heterocycles. The van der Waals surface area contributed by atoms with Crippen molar-refractivity contribution in [3.63, 3.8) is 0 Å². The molecule has 0 spiro atoms. The summed E-state index contributed by atoms with van der Waals surface area (Å²) in [6.45, 7) is 5.17. The van der Waals surface area contributed by atoms with E-state index >= 15 is 0 Å². The highest BCUT2D eigenvalue weighted by atomic mass is 16.4. The fourth-order valence-electron chi connectivity index (χ4n) is 3.39. The maximum atomic E-state index is 12.8. The monoisotopic (exact) mass is 282 g/mol. The second-order valence-corrected chi connectivity index (χ2v) is 6.26. The Morgan fingerprint density at radius 2 is 2.05 bits per heavy atom. The first-order chi connectivity index (χ1) is 9.43. The second-order valence-electron chi connectivity index (χ2n) is 6.26. The van der Waals surface area contributed by atoms with Crippen LogP contribution in [-0.4, -0.2) is 59.0 Å². The first-order valence-corrected chi connectivity index (χ1v) is 7.43. The van der Waals surface area contributed by atoms with Crippen molar-refractivity contribution in [1.29, 1.82) is 0 Å². The largest absolute Gasteiger partial charge is 0.409 e. The van der Waals surface area contributed by atoms with Crippen LogP contribution in [0.1, 0.15) is 39.5 Å². The lowest BCUT2D eigenvalue weighted by atomic mass is 9.84. The molecule has 0 aliphatic carbocycles. The first kappa shape index (κ1) is 15.1. The van der Waals surface area contributed by atoms with Crippen LogP contribution in [0.3, 0.4) is 0 Å². The Balaban J connectivity index is 2.17. The molecule has 3 unspecified atom stereocenters. The normalized spacial score (nSPS) is 30.9. The smallest absolute Gasteiger partial charge is 0.236 e. The lowest BCUT2D eigenvalue weighted by Crippen LogP contribution is -2.51. The van der Waals surface area contributed by atoms with Crippen LogP contribution in [0.25, 0.3) is 0 Å². The van der Waals surface area contributed by atoms with Gasteiger partial charge in [0.15, 0.2) is 5.84 Å². The van der Waals surface area contributed by atoms with Gasteiger partial charge in [-0.25, -0.2) is 0 Å². The van der Waals surface area contributed by atoms with Gasteiger partial charge in [0.25, 0.3) is 0 Å². The number of carbonyl (C=O) groups excluding carboxylic acids is 1. The van der Waals surface area contributed by atoms with E-state index in [1.54, 1.807) is 6.92 Å². The van der Waals surface area contributed by atoms with Crippen LogP contribution in [0.15, 0.2) is 5.16 Å². The Hall–Kier alpha value is -1.30. The summed E-state index contributed by atoms with van der Waals surface area (Å²) in [7, 11) is 2.15. The Morgan fingerprint density at radius 1 is 1.40 bits per heavy atom. The van der Waals surface area contributed by atoms with Gasteiger partial charge < -0.3 is 15.8 Å². The molecule has 3 N–H and O–H groups in total. The molecule has 2 heterocycles. The van der Waals surface area contributed by atoms with Gasteiger partial charge in [0.05, 0.1) is 0 Å². The molecule has 1 amide bonds. The first-order valence-electron chi connectivity index (χ1n) is 7.43. The van der Waals surface area contributed by atoms with Crippen molar-refractivity contribution in [3.05, 3.63) is 0 Å². The maximum Gasteiger partial charge on any atom is 0.236 e. The highest BCUT2D eigenvalue weighted by molar-refractivity contribution is 6.06. The third kappa shape index (κ3) is 2.37. The van der Waals surface area contributed by atoms with Gasteiger partial charge in [-0.15, -0.1) is 0 Å². The van der Waals surface area contributed by atoms with Gasteiger partial charge in [-0.1, -0.05) is 12.1 Å². The fourth-order valence-corrected chi connectivity index (χ4v) is 3.39. The predicted molar refractivity (Wildman–Crippen MR) is 77.6 cm³/mol. The quantitative estimate of drug-likeness (QED) is 0.348. The summed E-state index contributed by atoms with van der Waals surface area (Å²) in [5, 5.41) is 12.0. The zero-order valence-corrected chi connectivity index (χ0v) is 12.7. The van der Waals surface area contributed by atoms with Crippen LogP contribution in [0.4, 0.5) is 0 Å². The minimum Gasteiger partial charge on any atom is -0.409 e. The van der Waals surface area contributed by atoms with E-state index in [2.05, 4.69) is 17.1 Å². The average molecular weight is 282 g/mol. The summed E-state index contributed by atoms with van der Waals surface area (Å²) in [5.74, 6) is -0.0102. The van der Waals surface area contributed by atoms with Crippen LogP contribution in [0.5, 0.6) is 0 Å². The number of nitrogens with zero attached hydrogens (tertiary/aromatic N) is 3. The number of rotatable bonds is 3. The molecule has 0 radical (unpaired) electrons. The maximum absolute atomic E-state index is 12.8. The average Bonchev–Trinajstić information content (AvgIpc) is 2.69. The summed E-state index contributed by atoms with van der Waals surface area (Å²) >= 11 is 0. The van der Waals surface area contributed by atoms with E-state index in [9.17, 15) is 4.79 Å². The van der Waals surface area contributed by atoms with Crippen molar-refractivity contribution in [2.75, 3.05) is 20.1 Å². The van der Waals surface area contributed by atoms with E-state index in [-0.39, 0.29) is 11.7 Å². The lowest BCUT2D eigenvalue weighted by Gasteiger charge is -2.34. The minimum absolute atomic E-state index is 0.00719. The van der Waals surface area contributed by atoms with Crippen molar-refractivity contribution in [2.45, 2.75) is 51.6 Å². The Bertz CT molecular complexity index is 412. The molecule has 6 heteroatoms. The van der Waals surface area contributed by atoms with E-state index in [4.69, 9.17) is 10.9 Å². The molecule has 2 saturated heterocycles. The van der Waals surface area contributed by atoms with Crippen LogP contribution in [-0.2, 0) is 4.79 Å². The standard InChI is InChI=1S/C14H26N4O2/c1-4-14(2,12(15)16-20)13(19)18-8-7-10-5-6-11(9-18)17(10)3/h10-11,20H,4-9H2,1-3H3,(H2,15,16). The van der Waals surface area contributed by atoms with Crippen molar-refractivity contribution < 1.29 is 10.0 Å². The highest BCUT2D eigenvalue weighted by Gasteiger charge is 2.43. The number of carbonyl (C=O) groups is 1. The molecule has 0 saturated carbocycles. The molecule has 3 atom stereocenters. The number of amidine groups is 1. The molecule has 0 aromatic carbocycles. The van der Waals surface area contributed by atoms with Crippen molar-refractivity contribution in [3.8, 4) is 0 Å². The molecular formula is C14H26N4O2. The summed E-state index contributed by atoms with van der Waals surface area (Å²) < 4.78 is 0. The fraction of sp³-hybridized carbons (Fsp3) is 0.857. The van der Waals surface area contributed by atoms with E-state index in [1.807, 2.05) is 11.8 Å². The lowest BCUT2D eigenvalue weighted by molar-refractivity contribution is -0.138. The van der Waals surface area contributed by atoms with Crippen molar-refractivity contribution in [1.82, 2.24) is 9.80 Å².